The van der Waals surface area contributed by atoms with E-state index < -0.39 is 12.0 Å². The van der Waals surface area contributed by atoms with Gasteiger partial charge >= 0.3 is 5.97 Å². The second-order valence-electron chi connectivity index (χ2n) is 7.65. The number of allylic oxidation sites excluding steroid dienone is 1. The van der Waals surface area contributed by atoms with Crippen molar-refractivity contribution in [1.29, 1.82) is 5.26 Å². The number of carbonyl (C=O) groups excluding carboxylic acids is 1. The first kappa shape index (κ1) is 22.8. The summed E-state index contributed by atoms with van der Waals surface area (Å²) in [6.07, 6.45) is 0. The molecule has 0 saturated heterocycles. The Hall–Kier alpha value is -3.93. The molecule has 174 valence electrons. The van der Waals surface area contributed by atoms with Gasteiger partial charge in [-0.15, -0.1) is 0 Å². The number of nitrogens with two attached hydrogens (primary N) is 1. The number of furan rings is 1. The zero-order chi connectivity index (χ0) is 24.5. The first-order valence-corrected chi connectivity index (χ1v) is 12.0. The van der Waals surface area contributed by atoms with Crippen LogP contribution >= 0.6 is 23.4 Å². The minimum Gasteiger partial charge on any atom is -0.463 e. The smallest absolute Gasteiger partial charge is 0.338 e. The van der Waals surface area contributed by atoms with Crippen LogP contribution < -0.4 is 5.73 Å². The molecule has 2 aromatic carbocycles. The van der Waals surface area contributed by atoms with Crippen molar-refractivity contribution in [3.63, 3.8) is 0 Å². The van der Waals surface area contributed by atoms with Gasteiger partial charge in [0, 0.05) is 16.1 Å². The third-order valence-corrected chi connectivity index (χ3v) is 6.78. The van der Waals surface area contributed by atoms with E-state index in [1.54, 1.807) is 30.0 Å². The minimum absolute atomic E-state index is 0.186. The number of nitriles is 1. The van der Waals surface area contributed by atoms with Crippen molar-refractivity contribution in [3.05, 3.63) is 99.4 Å². The summed E-state index contributed by atoms with van der Waals surface area (Å²) in [6, 6.07) is 21.6. The molecule has 5 rings (SSSR count). The lowest BCUT2D eigenvalue weighted by molar-refractivity contribution is -0.139. The summed E-state index contributed by atoms with van der Waals surface area (Å²) in [5.74, 6) is 0.730. The van der Waals surface area contributed by atoms with Crippen LogP contribution in [0.2, 0.25) is 5.02 Å². The Morgan fingerprint density at radius 2 is 1.91 bits per heavy atom. The zero-order valence-electron chi connectivity index (χ0n) is 18.6. The van der Waals surface area contributed by atoms with Gasteiger partial charge in [0.1, 0.15) is 34.4 Å². The van der Waals surface area contributed by atoms with E-state index in [0.29, 0.717) is 32.3 Å². The number of aliphatic imine (C=N–C) groups is 1. The molecule has 2 aliphatic heterocycles. The van der Waals surface area contributed by atoms with Crippen LogP contribution in [0.5, 0.6) is 0 Å². The van der Waals surface area contributed by atoms with E-state index in [0.717, 1.165) is 22.9 Å². The fraction of sp³-hybridized carbons (Fsp3) is 0.115. The van der Waals surface area contributed by atoms with E-state index in [-0.39, 0.29) is 18.0 Å². The van der Waals surface area contributed by atoms with Gasteiger partial charge in [-0.2, -0.15) is 5.26 Å². The predicted molar refractivity (Wildman–Crippen MR) is 136 cm³/mol. The number of carbonyl (C=O) groups is 1. The SMILES string of the molecule is CCOC(=O)C1=C(c2ccccc2)N=C2SC(C#N)=C(N)N2[C@@H]1c1ccc(-c2ccc(Cl)cc2)o1. The summed E-state index contributed by atoms with van der Waals surface area (Å²) in [7, 11) is 0. The highest BCUT2D eigenvalue weighted by Gasteiger charge is 2.45. The van der Waals surface area contributed by atoms with Gasteiger partial charge in [0.15, 0.2) is 5.17 Å². The molecular formula is C26H19ClN4O3S. The second-order valence-corrected chi connectivity index (χ2v) is 9.07. The molecule has 1 aromatic heterocycles. The van der Waals surface area contributed by atoms with E-state index in [9.17, 15) is 10.1 Å². The van der Waals surface area contributed by atoms with E-state index in [1.165, 1.54) is 0 Å². The monoisotopic (exact) mass is 502 g/mol. The third kappa shape index (κ3) is 4.09. The predicted octanol–water partition coefficient (Wildman–Crippen LogP) is 5.69. The van der Waals surface area contributed by atoms with Gasteiger partial charge in [0.25, 0.3) is 0 Å². The quantitative estimate of drug-likeness (QED) is 0.447. The van der Waals surface area contributed by atoms with Gasteiger partial charge in [-0.1, -0.05) is 41.9 Å². The van der Waals surface area contributed by atoms with Gasteiger partial charge < -0.3 is 14.9 Å². The number of rotatable bonds is 5. The molecule has 3 heterocycles. The van der Waals surface area contributed by atoms with Crippen molar-refractivity contribution in [2.45, 2.75) is 13.0 Å². The van der Waals surface area contributed by atoms with Crippen molar-refractivity contribution < 1.29 is 13.9 Å². The Morgan fingerprint density at radius 1 is 1.17 bits per heavy atom. The summed E-state index contributed by atoms with van der Waals surface area (Å²) in [5.41, 5.74) is 8.67. The van der Waals surface area contributed by atoms with Gasteiger partial charge in [-0.05, 0) is 55.1 Å². The van der Waals surface area contributed by atoms with Gasteiger partial charge in [0.2, 0.25) is 0 Å². The van der Waals surface area contributed by atoms with Crippen LogP contribution in [0.1, 0.15) is 24.3 Å². The number of halogens is 1. The van der Waals surface area contributed by atoms with Gasteiger partial charge in [-0.25, -0.2) is 9.79 Å². The molecule has 0 fully saturated rings. The summed E-state index contributed by atoms with van der Waals surface area (Å²) in [4.78, 5) is 20.1. The Balaban J connectivity index is 1.71. The fourth-order valence-electron chi connectivity index (χ4n) is 4.00. The van der Waals surface area contributed by atoms with Crippen LogP contribution in [-0.4, -0.2) is 22.6 Å². The number of fused-ring (bicyclic) bond motifs is 1. The molecule has 0 radical (unpaired) electrons. The topological polar surface area (TPSA) is 105 Å². The van der Waals surface area contributed by atoms with Crippen LogP contribution in [0.15, 0.2) is 92.4 Å². The Kier molecular flexibility index (Phi) is 6.12. The molecule has 0 aliphatic carbocycles. The van der Waals surface area contributed by atoms with Crippen molar-refractivity contribution in [3.8, 4) is 17.4 Å². The summed E-state index contributed by atoms with van der Waals surface area (Å²) < 4.78 is 11.7. The Labute approximate surface area is 211 Å². The van der Waals surface area contributed by atoms with E-state index in [4.69, 9.17) is 31.5 Å². The van der Waals surface area contributed by atoms with Crippen LogP contribution in [-0.2, 0) is 9.53 Å². The maximum Gasteiger partial charge on any atom is 0.338 e. The summed E-state index contributed by atoms with van der Waals surface area (Å²) in [5, 5.41) is 10.7. The highest BCUT2D eigenvalue weighted by atomic mass is 35.5. The molecule has 0 spiro atoms. The molecule has 9 heteroatoms. The average molecular weight is 503 g/mol. The molecule has 3 aromatic rings. The van der Waals surface area contributed by atoms with Crippen LogP contribution in [0.4, 0.5) is 0 Å². The van der Waals surface area contributed by atoms with Gasteiger partial charge in [-0.3, -0.25) is 4.90 Å². The Bertz CT molecular complexity index is 1440. The molecule has 1 atom stereocenters. The normalized spacial score (nSPS) is 17.2. The molecule has 2 N–H and O–H groups in total. The number of hydrogen-bond acceptors (Lipinski definition) is 8. The highest BCUT2D eigenvalue weighted by Crippen LogP contribution is 2.48. The standard InChI is InChI=1S/C26H19ClN4O3S/c1-2-33-25(32)21-22(16-6-4-3-5-7-16)30-26-31(24(29)20(14-28)35-26)23(21)19-13-12-18(34-19)15-8-10-17(27)11-9-15/h3-13,23H,2,29H2,1H3/t23-/m1/s1. The molecule has 0 saturated carbocycles. The van der Waals surface area contributed by atoms with E-state index in [1.807, 2.05) is 48.5 Å². The first-order chi connectivity index (χ1) is 17.0. The van der Waals surface area contributed by atoms with Crippen LogP contribution in [0, 0.1) is 11.3 Å². The highest BCUT2D eigenvalue weighted by molar-refractivity contribution is 8.17. The van der Waals surface area contributed by atoms with Crippen LogP contribution in [0.25, 0.3) is 17.0 Å². The number of hydrogen-bond donors (Lipinski definition) is 1. The maximum atomic E-state index is 13.4. The third-order valence-electron chi connectivity index (χ3n) is 5.55. The number of nitrogens with zero attached hydrogens (tertiary/aromatic N) is 3. The lowest BCUT2D eigenvalue weighted by Crippen LogP contribution is -2.38. The largest absolute Gasteiger partial charge is 0.463 e. The van der Waals surface area contributed by atoms with Crippen molar-refractivity contribution in [2.24, 2.45) is 10.7 Å². The molecule has 0 unspecified atom stereocenters. The first-order valence-electron chi connectivity index (χ1n) is 10.8. The summed E-state index contributed by atoms with van der Waals surface area (Å²) >= 11 is 7.19. The number of ether oxygens (including phenoxy) is 1. The number of amidine groups is 1. The average Bonchev–Trinajstić information content (AvgIpc) is 3.49. The lowest BCUT2D eigenvalue weighted by Gasteiger charge is -2.33. The van der Waals surface area contributed by atoms with E-state index >= 15 is 0 Å². The zero-order valence-corrected chi connectivity index (χ0v) is 20.1. The Morgan fingerprint density at radius 3 is 2.60 bits per heavy atom. The summed E-state index contributed by atoms with van der Waals surface area (Å²) in [6.45, 7) is 1.93. The van der Waals surface area contributed by atoms with E-state index in [2.05, 4.69) is 6.07 Å². The fourth-order valence-corrected chi connectivity index (χ4v) is 4.99. The van der Waals surface area contributed by atoms with Crippen LogP contribution in [0.3, 0.4) is 0 Å². The maximum absolute atomic E-state index is 13.4. The molecule has 35 heavy (non-hydrogen) atoms. The molecular weight excluding hydrogens is 484 g/mol. The van der Waals surface area contributed by atoms with Crippen molar-refractivity contribution in [2.75, 3.05) is 6.61 Å². The number of benzene rings is 2. The molecule has 0 bridgehead atoms. The number of thioether (sulfide) groups is 1. The van der Waals surface area contributed by atoms with Crippen molar-refractivity contribution >= 4 is 40.2 Å². The molecule has 2 aliphatic rings. The lowest BCUT2D eigenvalue weighted by atomic mass is 9.96. The van der Waals surface area contributed by atoms with Crippen molar-refractivity contribution in [1.82, 2.24) is 4.90 Å². The molecule has 7 nitrogen and oxygen atoms in total. The molecule has 0 amide bonds. The second kappa shape index (κ2) is 9.37. The number of esters is 1. The minimum atomic E-state index is -0.781. The van der Waals surface area contributed by atoms with Gasteiger partial charge in [0.05, 0.1) is 17.9 Å².